The lowest BCUT2D eigenvalue weighted by Gasteiger charge is -2.17. The van der Waals surface area contributed by atoms with Gasteiger partial charge in [-0.05, 0) is 18.8 Å². The predicted molar refractivity (Wildman–Crippen MR) is 41.5 cm³/mol. The lowest BCUT2D eigenvalue weighted by molar-refractivity contribution is 0.601. The Morgan fingerprint density at radius 2 is 2.40 bits per heavy atom. The van der Waals surface area contributed by atoms with E-state index < -0.39 is 0 Å². The van der Waals surface area contributed by atoms with Crippen LogP contribution in [0.25, 0.3) is 0 Å². The monoisotopic (exact) mass is 130 g/mol. The first kappa shape index (κ1) is 4.95. The second kappa shape index (κ2) is 1.29. The normalized spacial score (nSPS) is 46.4. The van der Waals surface area contributed by atoms with Crippen LogP contribution < -0.4 is 0 Å². The van der Waals surface area contributed by atoms with E-state index in [-0.39, 0.29) is 0 Å². The summed E-state index contributed by atoms with van der Waals surface area (Å²) in [6, 6.07) is 0. The van der Waals surface area contributed by atoms with Crippen LogP contribution in [-0.4, -0.2) is 0 Å². The van der Waals surface area contributed by atoms with Crippen molar-refractivity contribution in [2.45, 2.75) is 12.8 Å². The minimum atomic E-state index is 0.421. The summed E-state index contributed by atoms with van der Waals surface area (Å²) in [6.45, 7) is 0. The molecule has 3 aliphatic rings. The Kier molecular flexibility index (Phi) is 0.639. The van der Waals surface area contributed by atoms with Crippen LogP contribution in [-0.2, 0) is 0 Å². The number of fused-ring (bicyclic) bond motifs is 1. The molecular weight excluding hydrogens is 120 g/mol. The van der Waals surface area contributed by atoms with Crippen LogP contribution in [0.3, 0.4) is 0 Å². The first-order valence-corrected chi connectivity index (χ1v) is 3.97. The Morgan fingerprint density at radius 3 is 3.20 bits per heavy atom. The van der Waals surface area contributed by atoms with Gasteiger partial charge in [0.05, 0.1) is 0 Å². The van der Waals surface area contributed by atoms with Crippen LogP contribution in [0, 0.1) is 11.3 Å². The lowest BCUT2D eigenvalue weighted by Crippen LogP contribution is -2.06. The fourth-order valence-electron chi connectivity index (χ4n) is 2.52. The Labute approximate surface area is 60.9 Å². The molecule has 0 aliphatic heterocycles. The Balaban J connectivity index is 2.25. The molecule has 0 heteroatoms. The molecule has 1 spiro atoms. The summed E-state index contributed by atoms with van der Waals surface area (Å²) in [5, 5.41) is 0. The van der Waals surface area contributed by atoms with E-state index >= 15 is 0 Å². The van der Waals surface area contributed by atoms with Gasteiger partial charge in [0.25, 0.3) is 0 Å². The molecule has 0 aromatic rings. The van der Waals surface area contributed by atoms with Gasteiger partial charge in [0.15, 0.2) is 0 Å². The van der Waals surface area contributed by atoms with E-state index in [0.29, 0.717) is 5.41 Å². The van der Waals surface area contributed by atoms with E-state index in [1.54, 1.807) is 5.57 Å². The molecule has 2 atom stereocenters. The molecule has 0 aromatic carbocycles. The van der Waals surface area contributed by atoms with E-state index in [0.717, 1.165) is 5.92 Å². The number of hydrogen-bond donors (Lipinski definition) is 0. The zero-order chi connectivity index (χ0) is 6.60. The zero-order valence-electron chi connectivity index (χ0n) is 5.88. The molecule has 50 valence electrons. The van der Waals surface area contributed by atoms with Gasteiger partial charge in [0, 0.05) is 5.41 Å². The first-order chi connectivity index (χ1) is 4.89. The van der Waals surface area contributed by atoms with Gasteiger partial charge in [-0.1, -0.05) is 36.0 Å². The summed E-state index contributed by atoms with van der Waals surface area (Å²) < 4.78 is 0. The van der Waals surface area contributed by atoms with Gasteiger partial charge in [-0.2, -0.15) is 0 Å². The van der Waals surface area contributed by atoms with Gasteiger partial charge < -0.3 is 0 Å². The molecule has 0 aromatic heterocycles. The van der Waals surface area contributed by atoms with E-state index in [1.165, 1.54) is 12.8 Å². The van der Waals surface area contributed by atoms with Crippen molar-refractivity contribution in [2.75, 3.05) is 0 Å². The summed E-state index contributed by atoms with van der Waals surface area (Å²) in [7, 11) is 0. The molecule has 0 heterocycles. The number of allylic oxidation sites excluding steroid dienone is 6. The second-order valence-corrected chi connectivity index (χ2v) is 3.62. The van der Waals surface area contributed by atoms with Crippen molar-refractivity contribution in [1.82, 2.24) is 0 Å². The van der Waals surface area contributed by atoms with Crippen LogP contribution >= 0.6 is 0 Å². The van der Waals surface area contributed by atoms with Crippen LogP contribution in [0.2, 0.25) is 0 Å². The smallest absolute Gasteiger partial charge is 0.0283 e. The van der Waals surface area contributed by atoms with Gasteiger partial charge in [-0.15, -0.1) is 0 Å². The van der Waals surface area contributed by atoms with E-state index in [1.807, 2.05) is 0 Å². The lowest BCUT2D eigenvalue weighted by atomic mass is 9.86. The average Bonchev–Trinajstić information content (AvgIpc) is 2.48. The second-order valence-electron chi connectivity index (χ2n) is 3.62. The molecule has 3 aliphatic carbocycles. The van der Waals surface area contributed by atoms with Gasteiger partial charge >= 0.3 is 0 Å². The Hall–Kier alpha value is -0.780. The third kappa shape index (κ3) is 0.377. The molecule has 1 fully saturated rings. The molecular formula is C10H10. The quantitative estimate of drug-likeness (QED) is 0.442. The minimum Gasteiger partial charge on any atom is -0.0839 e. The molecule has 2 bridgehead atoms. The molecule has 1 saturated carbocycles. The molecule has 0 N–H and O–H groups in total. The van der Waals surface area contributed by atoms with Crippen molar-refractivity contribution in [2.24, 2.45) is 11.3 Å². The van der Waals surface area contributed by atoms with Crippen molar-refractivity contribution in [1.29, 1.82) is 0 Å². The maximum Gasteiger partial charge on any atom is 0.0283 e. The summed E-state index contributed by atoms with van der Waals surface area (Å²) >= 11 is 0. The summed E-state index contributed by atoms with van der Waals surface area (Å²) in [6.07, 6.45) is 14.3. The molecule has 0 radical (unpaired) electrons. The van der Waals surface area contributed by atoms with Crippen molar-refractivity contribution in [3.05, 3.63) is 36.0 Å². The van der Waals surface area contributed by atoms with Crippen LogP contribution in [0.5, 0.6) is 0 Å². The predicted octanol–water partition coefficient (Wildman–Crippen LogP) is 2.45. The van der Waals surface area contributed by atoms with Gasteiger partial charge in [-0.25, -0.2) is 0 Å². The summed E-state index contributed by atoms with van der Waals surface area (Å²) in [5.41, 5.74) is 2.07. The molecule has 3 rings (SSSR count). The van der Waals surface area contributed by atoms with E-state index in [9.17, 15) is 0 Å². The highest BCUT2D eigenvalue weighted by molar-refractivity contribution is 5.46. The maximum absolute atomic E-state index is 2.39. The van der Waals surface area contributed by atoms with E-state index in [2.05, 4.69) is 30.4 Å². The summed E-state index contributed by atoms with van der Waals surface area (Å²) in [4.78, 5) is 0. The molecule has 0 nitrogen and oxygen atoms in total. The molecule has 10 heavy (non-hydrogen) atoms. The molecule has 2 unspecified atom stereocenters. The zero-order valence-corrected chi connectivity index (χ0v) is 5.88. The highest BCUT2D eigenvalue weighted by atomic mass is 14.5. The third-order valence-electron chi connectivity index (χ3n) is 3.04. The average molecular weight is 130 g/mol. The highest BCUT2D eigenvalue weighted by Crippen LogP contribution is 2.55. The highest BCUT2D eigenvalue weighted by Gasteiger charge is 2.43. The van der Waals surface area contributed by atoms with Crippen molar-refractivity contribution in [3.63, 3.8) is 0 Å². The van der Waals surface area contributed by atoms with Crippen molar-refractivity contribution >= 4 is 0 Å². The Bertz CT molecular complexity index is 268. The minimum absolute atomic E-state index is 0.421. The van der Waals surface area contributed by atoms with Crippen molar-refractivity contribution < 1.29 is 0 Å². The van der Waals surface area contributed by atoms with Gasteiger partial charge in [0.1, 0.15) is 0 Å². The topological polar surface area (TPSA) is 0 Å². The van der Waals surface area contributed by atoms with Crippen LogP contribution in [0.1, 0.15) is 12.8 Å². The van der Waals surface area contributed by atoms with Crippen molar-refractivity contribution in [3.8, 4) is 0 Å². The number of rotatable bonds is 0. The molecule has 0 amide bonds. The fourth-order valence-corrected chi connectivity index (χ4v) is 2.52. The SMILES string of the molecule is C1=CC23C=CC(CC2=C1)C3. The van der Waals surface area contributed by atoms with Crippen LogP contribution in [0.4, 0.5) is 0 Å². The maximum atomic E-state index is 2.39. The van der Waals surface area contributed by atoms with E-state index in [4.69, 9.17) is 0 Å². The summed E-state index contributed by atoms with van der Waals surface area (Å²) in [5.74, 6) is 0.871. The standard InChI is InChI=1S/C10H10/c1-2-9-6-8-3-5-10(9,4-1)7-8/h1-5,8H,6-7H2. The van der Waals surface area contributed by atoms with Gasteiger partial charge in [-0.3, -0.25) is 0 Å². The molecule has 0 saturated heterocycles. The Morgan fingerprint density at radius 1 is 1.40 bits per heavy atom. The fraction of sp³-hybridized carbons (Fsp3) is 0.400. The van der Waals surface area contributed by atoms with Crippen LogP contribution in [0.15, 0.2) is 36.0 Å². The largest absolute Gasteiger partial charge is 0.0839 e. The number of hydrogen-bond acceptors (Lipinski definition) is 0. The first-order valence-electron chi connectivity index (χ1n) is 3.97. The third-order valence-corrected chi connectivity index (χ3v) is 3.04. The van der Waals surface area contributed by atoms with Gasteiger partial charge in [0.2, 0.25) is 0 Å².